The average Bonchev–Trinajstić information content (AvgIpc) is 2.71. The molecule has 162 valence electrons. The van der Waals surface area contributed by atoms with Crippen molar-refractivity contribution in [1.82, 2.24) is 20.1 Å². The predicted octanol–water partition coefficient (Wildman–Crippen LogP) is 1.67. The van der Waals surface area contributed by atoms with Gasteiger partial charge in [-0.3, -0.25) is 25.4 Å². The Morgan fingerprint density at radius 3 is 2.60 bits per heavy atom. The van der Waals surface area contributed by atoms with E-state index in [1.54, 1.807) is 18.2 Å². The number of amides is 2. The summed E-state index contributed by atoms with van der Waals surface area (Å²) in [6, 6.07) is 8.13. The summed E-state index contributed by atoms with van der Waals surface area (Å²) < 4.78 is 31.1. The van der Waals surface area contributed by atoms with E-state index in [1.165, 1.54) is 31.6 Å². The second-order valence-electron chi connectivity index (χ2n) is 6.41. The van der Waals surface area contributed by atoms with Crippen LogP contribution in [0.25, 0.3) is 0 Å². The second-order valence-corrected chi connectivity index (χ2v) is 8.89. The summed E-state index contributed by atoms with van der Waals surface area (Å²) in [5, 5.41) is 0.619. The Hall–Kier alpha value is -2.69. The van der Waals surface area contributed by atoms with Crippen LogP contribution in [-0.4, -0.2) is 49.7 Å². The molecular weight excluding hydrogens is 432 g/mol. The Kier molecular flexibility index (Phi) is 8.58. The number of aryl methyl sites for hydroxylation is 1. The fraction of sp³-hybridized carbons (Fsp3) is 0.316. The number of hydrazine groups is 1. The number of carbonyl (C=O) groups excluding carboxylic acids is 2. The molecule has 11 heteroatoms. The Morgan fingerprint density at radius 1 is 1.20 bits per heavy atom. The summed E-state index contributed by atoms with van der Waals surface area (Å²) in [6.07, 6.45) is 3.19. The van der Waals surface area contributed by atoms with Crippen molar-refractivity contribution in [3.8, 4) is 5.75 Å². The number of aromatic nitrogens is 1. The third-order valence-electron chi connectivity index (χ3n) is 3.99. The van der Waals surface area contributed by atoms with Gasteiger partial charge in [0.05, 0.1) is 13.2 Å². The zero-order valence-corrected chi connectivity index (χ0v) is 18.2. The van der Waals surface area contributed by atoms with Gasteiger partial charge in [0, 0.05) is 30.9 Å². The maximum absolute atomic E-state index is 12.3. The van der Waals surface area contributed by atoms with E-state index in [9.17, 15) is 18.0 Å². The molecule has 0 fully saturated rings. The quantitative estimate of drug-likeness (QED) is 0.439. The highest BCUT2D eigenvalue weighted by atomic mass is 35.5. The molecule has 0 saturated carbocycles. The molecule has 9 nitrogen and oxygen atoms in total. The highest BCUT2D eigenvalue weighted by molar-refractivity contribution is 7.89. The zero-order valence-electron chi connectivity index (χ0n) is 16.6. The average molecular weight is 455 g/mol. The lowest BCUT2D eigenvalue weighted by Gasteiger charge is -2.16. The minimum absolute atomic E-state index is 0.0275. The molecule has 0 bridgehead atoms. The first-order valence-electron chi connectivity index (χ1n) is 9.03. The van der Waals surface area contributed by atoms with Crippen molar-refractivity contribution in [3.05, 3.63) is 53.3 Å². The molecule has 0 aliphatic heterocycles. The highest BCUT2D eigenvalue weighted by Crippen LogP contribution is 2.21. The number of nitrogens with one attached hydrogen (secondary N) is 2. The number of rotatable bonds is 9. The maximum Gasteiger partial charge on any atom is 0.253 e. The molecule has 2 aromatic rings. The van der Waals surface area contributed by atoms with Crippen molar-refractivity contribution in [2.45, 2.75) is 24.7 Å². The maximum atomic E-state index is 12.3. The van der Waals surface area contributed by atoms with E-state index in [0.29, 0.717) is 23.8 Å². The van der Waals surface area contributed by atoms with E-state index in [-0.39, 0.29) is 11.3 Å². The summed E-state index contributed by atoms with van der Waals surface area (Å²) in [4.78, 5) is 27.5. The van der Waals surface area contributed by atoms with Crippen molar-refractivity contribution in [1.29, 1.82) is 0 Å². The second kappa shape index (κ2) is 10.9. The summed E-state index contributed by atoms with van der Waals surface area (Å²) in [7, 11) is -2.59. The number of likely N-dealkylation sites (N-methyl/N-ethyl adjacent to an activating group) is 1. The molecule has 1 aromatic carbocycles. The van der Waals surface area contributed by atoms with Crippen molar-refractivity contribution >= 4 is 33.4 Å². The standard InChI is InChI=1S/C19H23ClN4O5S/c1-14-11-15(20)7-8-17(14)29-10-4-6-18(25)22-23-19(26)13-24(2)30(27,28)16-5-3-9-21-12-16/h3,5,7-9,11-12H,4,6,10,13H2,1-2H3,(H,22,25)(H,23,26). The molecule has 0 spiro atoms. The summed E-state index contributed by atoms with van der Waals surface area (Å²) in [6.45, 7) is 1.72. The van der Waals surface area contributed by atoms with Crippen molar-refractivity contribution < 1.29 is 22.7 Å². The van der Waals surface area contributed by atoms with E-state index in [4.69, 9.17) is 16.3 Å². The van der Waals surface area contributed by atoms with Crippen LogP contribution in [0.3, 0.4) is 0 Å². The minimum atomic E-state index is -3.85. The molecule has 0 saturated heterocycles. The first kappa shape index (κ1) is 23.6. The molecule has 0 aliphatic rings. The smallest absolute Gasteiger partial charge is 0.253 e. The van der Waals surface area contributed by atoms with Crippen LogP contribution < -0.4 is 15.6 Å². The van der Waals surface area contributed by atoms with E-state index < -0.39 is 28.4 Å². The van der Waals surface area contributed by atoms with Crippen molar-refractivity contribution in [2.75, 3.05) is 20.2 Å². The number of halogens is 1. The number of pyridine rings is 1. The molecule has 2 N–H and O–H groups in total. The van der Waals surface area contributed by atoms with Crippen LogP contribution in [0, 0.1) is 6.92 Å². The molecule has 2 rings (SSSR count). The molecule has 30 heavy (non-hydrogen) atoms. The zero-order chi connectivity index (χ0) is 22.1. The number of nitrogens with zero attached hydrogens (tertiary/aromatic N) is 2. The molecule has 1 heterocycles. The van der Waals surface area contributed by atoms with E-state index in [2.05, 4.69) is 15.8 Å². The number of ether oxygens (including phenoxy) is 1. The van der Waals surface area contributed by atoms with Gasteiger partial charge in [-0.1, -0.05) is 11.6 Å². The highest BCUT2D eigenvalue weighted by Gasteiger charge is 2.23. The van der Waals surface area contributed by atoms with E-state index in [0.717, 1.165) is 9.87 Å². The predicted molar refractivity (Wildman–Crippen MR) is 111 cm³/mol. The van der Waals surface area contributed by atoms with Gasteiger partial charge in [-0.15, -0.1) is 0 Å². The fourth-order valence-electron chi connectivity index (χ4n) is 2.40. The first-order chi connectivity index (χ1) is 14.2. The number of carbonyl (C=O) groups is 2. The Labute approximate surface area is 180 Å². The van der Waals surface area contributed by atoms with Crippen LogP contribution in [0.15, 0.2) is 47.6 Å². The van der Waals surface area contributed by atoms with Gasteiger partial charge in [-0.2, -0.15) is 4.31 Å². The molecular formula is C19H23ClN4O5S. The van der Waals surface area contributed by atoms with Crippen LogP contribution in [0.2, 0.25) is 5.02 Å². The fourth-order valence-corrected chi connectivity index (χ4v) is 3.72. The molecule has 0 radical (unpaired) electrons. The SMILES string of the molecule is Cc1cc(Cl)ccc1OCCCC(=O)NNC(=O)CN(C)S(=O)(=O)c1cccnc1. The summed E-state index contributed by atoms with van der Waals surface area (Å²) in [5.41, 5.74) is 5.34. The largest absolute Gasteiger partial charge is 0.493 e. The van der Waals surface area contributed by atoms with Crippen LogP contribution in [0.4, 0.5) is 0 Å². The lowest BCUT2D eigenvalue weighted by Crippen LogP contribution is -2.46. The van der Waals surface area contributed by atoms with Crippen molar-refractivity contribution in [3.63, 3.8) is 0 Å². The van der Waals surface area contributed by atoms with Crippen LogP contribution >= 0.6 is 11.6 Å². The van der Waals surface area contributed by atoms with Crippen LogP contribution in [0.5, 0.6) is 5.75 Å². The molecule has 2 amide bonds. The van der Waals surface area contributed by atoms with Gasteiger partial charge in [0.25, 0.3) is 5.91 Å². The van der Waals surface area contributed by atoms with Gasteiger partial charge in [-0.05, 0) is 49.2 Å². The number of benzene rings is 1. The molecule has 1 aromatic heterocycles. The molecule has 0 aliphatic carbocycles. The number of hydrogen-bond donors (Lipinski definition) is 2. The van der Waals surface area contributed by atoms with Gasteiger partial charge in [0.2, 0.25) is 15.9 Å². The Morgan fingerprint density at radius 2 is 1.93 bits per heavy atom. The van der Waals surface area contributed by atoms with Gasteiger partial charge in [0.1, 0.15) is 10.6 Å². The van der Waals surface area contributed by atoms with Crippen molar-refractivity contribution in [2.24, 2.45) is 0 Å². The molecule has 0 unspecified atom stereocenters. The topological polar surface area (TPSA) is 118 Å². The summed E-state index contributed by atoms with van der Waals surface area (Å²) >= 11 is 5.89. The molecule has 0 atom stereocenters. The third kappa shape index (κ3) is 6.97. The van der Waals surface area contributed by atoms with Gasteiger partial charge in [-0.25, -0.2) is 8.42 Å². The third-order valence-corrected chi connectivity index (χ3v) is 6.01. The first-order valence-corrected chi connectivity index (χ1v) is 10.8. The number of sulfonamides is 1. The lowest BCUT2D eigenvalue weighted by molar-refractivity contribution is -0.129. The van der Waals surface area contributed by atoms with E-state index >= 15 is 0 Å². The lowest BCUT2D eigenvalue weighted by atomic mass is 10.2. The van der Waals surface area contributed by atoms with Crippen LogP contribution in [0.1, 0.15) is 18.4 Å². The van der Waals surface area contributed by atoms with Gasteiger partial charge < -0.3 is 4.74 Å². The van der Waals surface area contributed by atoms with Gasteiger partial charge >= 0.3 is 0 Å². The van der Waals surface area contributed by atoms with Gasteiger partial charge in [0.15, 0.2) is 0 Å². The minimum Gasteiger partial charge on any atom is -0.493 e. The van der Waals surface area contributed by atoms with Crippen LogP contribution in [-0.2, 0) is 19.6 Å². The van der Waals surface area contributed by atoms with E-state index in [1.807, 2.05) is 6.92 Å². The normalized spacial score (nSPS) is 11.2. The number of hydrogen-bond acceptors (Lipinski definition) is 6. The summed E-state index contributed by atoms with van der Waals surface area (Å²) in [5.74, 6) is -0.408. The monoisotopic (exact) mass is 454 g/mol. The Balaban J connectivity index is 1.69. The Bertz CT molecular complexity index is 986.